The van der Waals surface area contributed by atoms with Gasteiger partial charge in [-0.25, -0.2) is 0 Å². The number of hydrogen-bond acceptors (Lipinski definition) is 2. The highest BCUT2D eigenvalue weighted by atomic mass is 16.1. The fraction of sp³-hybridized carbons (Fsp3) is 0.400. The van der Waals surface area contributed by atoms with Gasteiger partial charge in [0.25, 0.3) is 0 Å². The summed E-state index contributed by atoms with van der Waals surface area (Å²) in [4.78, 5) is 11.2. The molecule has 0 aromatic carbocycles. The lowest BCUT2D eigenvalue weighted by atomic mass is 9.90. The zero-order valence-electron chi connectivity index (χ0n) is 11.2. The van der Waals surface area contributed by atoms with Gasteiger partial charge in [0, 0.05) is 17.5 Å². The predicted molar refractivity (Wildman–Crippen MR) is 72.8 cm³/mol. The number of hydrogen-bond donors (Lipinski definition) is 1. The Morgan fingerprint density at radius 2 is 2.00 bits per heavy atom. The van der Waals surface area contributed by atoms with Crippen LogP contribution in [0.15, 0.2) is 47.1 Å². The third-order valence-corrected chi connectivity index (χ3v) is 3.08. The largest absolute Gasteiger partial charge is 0.319 e. The molecule has 0 spiro atoms. The van der Waals surface area contributed by atoms with Crippen molar-refractivity contribution in [2.75, 3.05) is 13.6 Å². The van der Waals surface area contributed by atoms with Crippen molar-refractivity contribution in [2.45, 2.75) is 20.8 Å². The summed E-state index contributed by atoms with van der Waals surface area (Å²) in [5.74, 6) is 0. The SMILES string of the molecule is C=C(C)/C(C=O)=C(\C(=C)C)C1=CC1(C)CNC. The van der Waals surface area contributed by atoms with Gasteiger partial charge in [0.1, 0.15) is 0 Å². The molecule has 1 rings (SSSR count). The summed E-state index contributed by atoms with van der Waals surface area (Å²) in [7, 11) is 1.93. The molecule has 1 atom stereocenters. The normalized spacial score (nSPS) is 23.6. The van der Waals surface area contributed by atoms with Crippen molar-refractivity contribution in [3.63, 3.8) is 0 Å². The van der Waals surface area contributed by atoms with E-state index in [1.165, 1.54) is 5.57 Å². The maximum Gasteiger partial charge on any atom is 0.150 e. The quantitative estimate of drug-likeness (QED) is 0.432. The molecule has 0 radical (unpaired) electrons. The summed E-state index contributed by atoms with van der Waals surface area (Å²) in [6.45, 7) is 14.7. The molecule has 0 aromatic rings. The number of carbonyl (C=O) groups is 1. The second kappa shape index (κ2) is 4.84. The Labute approximate surface area is 104 Å². The van der Waals surface area contributed by atoms with E-state index in [-0.39, 0.29) is 5.41 Å². The molecule has 92 valence electrons. The van der Waals surface area contributed by atoms with Crippen LogP contribution in [0.4, 0.5) is 0 Å². The lowest BCUT2D eigenvalue weighted by molar-refractivity contribution is -0.104. The Morgan fingerprint density at radius 3 is 2.35 bits per heavy atom. The summed E-state index contributed by atoms with van der Waals surface area (Å²) < 4.78 is 0. The molecule has 0 bridgehead atoms. The van der Waals surface area contributed by atoms with E-state index in [1.54, 1.807) is 0 Å². The van der Waals surface area contributed by atoms with Crippen molar-refractivity contribution in [3.05, 3.63) is 47.1 Å². The molecule has 0 aliphatic heterocycles. The van der Waals surface area contributed by atoms with Gasteiger partial charge in [-0.2, -0.15) is 0 Å². The van der Waals surface area contributed by atoms with Gasteiger partial charge in [0.2, 0.25) is 0 Å². The molecule has 0 saturated carbocycles. The van der Waals surface area contributed by atoms with E-state index in [0.29, 0.717) is 5.57 Å². The number of aldehydes is 1. The summed E-state index contributed by atoms with van der Waals surface area (Å²) in [6, 6.07) is 0. The van der Waals surface area contributed by atoms with Crippen LogP contribution in [-0.2, 0) is 4.79 Å². The summed E-state index contributed by atoms with van der Waals surface area (Å²) in [6.07, 6.45) is 3.06. The fourth-order valence-corrected chi connectivity index (χ4v) is 2.13. The van der Waals surface area contributed by atoms with Crippen LogP contribution in [0.3, 0.4) is 0 Å². The third kappa shape index (κ3) is 2.64. The van der Waals surface area contributed by atoms with Crippen molar-refractivity contribution in [1.82, 2.24) is 5.32 Å². The van der Waals surface area contributed by atoms with Crippen molar-refractivity contribution >= 4 is 6.29 Å². The molecule has 1 unspecified atom stereocenters. The lowest BCUT2D eigenvalue weighted by Crippen LogP contribution is -2.20. The highest BCUT2D eigenvalue weighted by molar-refractivity contribution is 5.85. The van der Waals surface area contributed by atoms with Crippen LogP contribution < -0.4 is 5.32 Å². The van der Waals surface area contributed by atoms with E-state index < -0.39 is 0 Å². The summed E-state index contributed by atoms with van der Waals surface area (Å²) in [5, 5.41) is 3.17. The first-order valence-electron chi connectivity index (χ1n) is 5.77. The smallest absolute Gasteiger partial charge is 0.150 e. The maximum atomic E-state index is 11.2. The Morgan fingerprint density at radius 1 is 1.41 bits per heavy atom. The van der Waals surface area contributed by atoms with Gasteiger partial charge in [-0.3, -0.25) is 4.79 Å². The summed E-state index contributed by atoms with van der Waals surface area (Å²) >= 11 is 0. The number of carbonyl (C=O) groups excluding carboxylic acids is 1. The molecule has 1 aliphatic carbocycles. The van der Waals surface area contributed by atoms with E-state index >= 15 is 0 Å². The average molecular weight is 231 g/mol. The van der Waals surface area contributed by atoms with Gasteiger partial charge in [0.05, 0.1) is 0 Å². The Kier molecular flexibility index (Phi) is 3.89. The lowest BCUT2D eigenvalue weighted by Gasteiger charge is -2.16. The number of allylic oxidation sites excluding steroid dienone is 4. The van der Waals surface area contributed by atoms with Crippen LogP contribution in [0, 0.1) is 5.41 Å². The minimum atomic E-state index is 0.0484. The van der Waals surface area contributed by atoms with Gasteiger partial charge >= 0.3 is 0 Å². The second-order valence-corrected chi connectivity index (χ2v) is 4.97. The highest BCUT2D eigenvalue weighted by Gasteiger charge is 2.41. The average Bonchev–Trinajstić information content (AvgIpc) is 2.85. The molecule has 0 amide bonds. The molecule has 0 heterocycles. The van der Waals surface area contributed by atoms with Crippen LogP contribution in [0.25, 0.3) is 0 Å². The van der Waals surface area contributed by atoms with Gasteiger partial charge < -0.3 is 5.32 Å². The van der Waals surface area contributed by atoms with Crippen molar-refractivity contribution in [1.29, 1.82) is 0 Å². The van der Waals surface area contributed by atoms with Crippen LogP contribution >= 0.6 is 0 Å². The standard InChI is InChI=1S/C15H21NO/c1-10(2)12(8-17)14(11(3)4)13-7-15(13,5)9-16-6/h7-8,16H,1,3,9H2,2,4-6H3/b14-12+. The Hall–Kier alpha value is -1.41. The zero-order valence-corrected chi connectivity index (χ0v) is 11.2. The monoisotopic (exact) mass is 231 g/mol. The molecule has 2 nitrogen and oxygen atoms in total. The van der Waals surface area contributed by atoms with Gasteiger partial charge in [-0.15, -0.1) is 0 Å². The van der Waals surface area contributed by atoms with Crippen molar-refractivity contribution < 1.29 is 4.79 Å². The molecule has 0 fully saturated rings. The number of rotatable bonds is 6. The Balaban J connectivity index is 3.15. The highest BCUT2D eigenvalue weighted by Crippen LogP contribution is 2.50. The van der Waals surface area contributed by atoms with Crippen LogP contribution in [0.1, 0.15) is 20.8 Å². The molecule has 17 heavy (non-hydrogen) atoms. The topological polar surface area (TPSA) is 29.1 Å². The van der Waals surface area contributed by atoms with Crippen molar-refractivity contribution in [3.8, 4) is 0 Å². The molecule has 1 N–H and O–H groups in total. The third-order valence-electron chi connectivity index (χ3n) is 3.08. The van der Waals surface area contributed by atoms with E-state index in [0.717, 1.165) is 29.6 Å². The van der Waals surface area contributed by atoms with Gasteiger partial charge in [-0.05, 0) is 37.6 Å². The first kappa shape index (κ1) is 13.7. The van der Waals surface area contributed by atoms with E-state index in [2.05, 4.69) is 31.5 Å². The second-order valence-electron chi connectivity index (χ2n) is 4.97. The Bertz CT molecular complexity index is 440. The van der Waals surface area contributed by atoms with Crippen molar-refractivity contribution in [2.24, 2.45) is 5.41 Å². The maximum absolute atomic E-state index is 11.2. The fourth-order valence-electron chi connectivity index (χ4n) is 2.13. The van der Waals surface area contributed by atoms with E-state index in [9.17, 15) is 4.79 Å². The van der Waals surface area contributed by atoms with Crippen LogP contribution in [0.2, 0.25) is 0 Å². The minimum Gasteiger partial charge on any atom is -0.319 e. The van der Waals surface area contributed by atoms with Gasteiger partial charge in [-0.1, -0.05) is 31.7 Å². The summed E-state index contributed by atoms with van der Waals surface area (Å²) in [5.41, 5.74) is 4.59. The molecule has 1 aliphatic rings. The first-order valence-corrected chi connectivity index (χ1v) is 5.77. The van der Waals surface area contributed by atoms with Crippen LogP contribution in [-0.4, -0.2) is 19.9 Å². The molecule has 2 heteroatoms. The van der Waals surface area contributed by atoms with Crippen LogP contribution in [0.5, 0.6) is 0 Å². The zero-order chi connectivity index (χ0) is 13.2. The molecule has 0 saturated heterocycles. The number of nitrogens with one attached hydrogen (secondary N) is 1. The molecule has 0 aromatic heterocycles. The minimum absolute atomic E-state index is 0.0484. The molecular formula is C15H21NO. The first-order chi connectivity index (χ1) is 7.87. The molecular weight excluding hydrogens is 210 g/mol. The van der Waals surface area contributed by atoms with E-state index in [1.807, 2.05) is 20.9 Å². The van der Waals surface area contributed by atoms with Gasteiger partial charge in [0.15, 0.2) is 6.29 Å². The van der Waals surface area contributed by atoms with E-state index in [4.69, 9.17) is 0 Å². The predicted octanol–water partition coefficient (Wildman–Crippen LogP) is 2.80.